The van der Waals surface area contributed by atoms with Gasteiger partial charge in [0, 0.05) is 7.05 Å². The third-order valence-electron chi connectivity index (χ3n) is 3.01. The van der Waals surface area contributed by atoms with Crippen molar-refractivity contribution in [2.75, 3.05) is 25.1 Å². The Bertz CT molecular complexity index is 667. The molecule has 2 aromatic rings. The number of hydrogen-bond donors (Lipinski definition) is 0. The minimum atomic E-state index is 0.237. The topological polar surface area (TPSA) is 49.1 Å². The van der Waals surface area contributed by atoms with E-state index in [-0.39, 0.29) is 5.69 Å². The second-order valence-corrected chi connectivity index (χ2v) is 5.11. The molecule has 2 rings (SSSR count). The molecule has 0 unspecified atom stereocenters. The third kappa shape index (κ3) is 4.11. The molecule has 0 N–H and O–H groups in total. The molecule has 0 aliphatic heterocycles. The Morgan fingerprint density at radius 3 is 2.86 bits per heavy atom. The molecule has 108 valence electrons. The fourth-order valence-corrected chi connectivity index (χ4v) is 1.99. The maximum absolute atomic E-state index is 8.94. The van der Waals surface area contributed by atoms with E-state index in [2.05, 4.69) is 4.98 Å². The molecule has 0 radical (unpaired) electrons. The van der Waals surface area contributed by atoms with Gasteiger partial charge in [0.15, 0.2) is 5.69 Å². The number of aromatic nitrogens is 1. The van der Waals surface area contributed by atoms with Crippen LogP contribution in [-0.2, 0) is 0 Å². The summed E-state index contributed by atoms with van der Waals surface area (Å²) in [6.07, 6.45) is 0. The van der Waals surface area contributed by atoms with Gasteiger partial charge in [-0.2, -0.15) is 5.26 Å². The minimum Gasteiger partial charge on any atom is -0.492 e. The van der Waals surface area contributed by atoms with Crippen LogP contribution in [0.4, 0.5) is 5.82 Å². The molecule has 0 saturated heterocycles. The molecule has 1 aromatic heterocycles. The van der Waals surface area contributed by atoms with Gasteiger partial charge in [0.1, 0.15) is 24.2 Å². The summed E-state index contributed by atoms with van der Waals surface area (Å²) in [5, 5.41) is 9.30. The van der Waals surface area contributed by atoms with E-state index in [9.17, 15) is 0 Å². The number of nitrogens with zero attached hydrogens (tertiary/aromatic N) is 3. The maximum atomic E-state index is 8.94. The van der Waals surface area contributed by atoms with Gasteiger partial charge >= 0.3 is 0 Å². The second kappa shape index (κ2) is 6.96. The Kier molecular flexibility index (Phi) is 5.02. The van der Waals surface area contributed by atoms with Gasteiger partial charge in [-0.25, -0.2) is 4.98 Å². The molecule has 0 amide bonds. The van der Waals surface area contributed by atoms with Crippen LogP contribution in [0, 0.1) is 18.3 Å². The van der Waals surface area contributed by atoms with Crippen molar-refractivity contribution in [2.24, 2.45) is 0 Å². The molecule has 0 saturated carbocycles. The Hall–Kier alpha value is -2.25. The molecule has 1 aromatic carbocycles. The molecule has 1 heterocycles. The smallest absolute Gasteiger partial charge is 0.161 e. The summed E-state index contributed by atoms with van der Waals surface area (Å²) >= 11 is 5.87. The summed E-state index contributed by atoms with van der Waals surface area (Å²) in [5.74, 6) is 1.55. The van der Waals surface area contributed by atoms with E-state index in [0.717, 1.165) is 5.75 Å². The number of aryl methyl sites for hydroxylation is 1. The third-order valence-corrected chi connectivity index (χ3v) is 3.32. The number of ether oxygens (including phenoxy) is 1. The van der Waals surface area contributed by atoms with Crippen LogP contribution in [0.25, 0.3) is 0 Å². The van der Waals surface area contributed by atoms with Crippen molar-refractivity contribution in [1.29, 1.82) is 5.26 Å². The summed E-state index contributed by atoms with van der Waals surface area (Å²) in [4.78, 5) is 6.13. The molecule has 0 fully saturated rings. The second-order valence-electron chi connectivity index (χ2n) is 4.70. The first kappa shape index (κ1) is 15.1. The van der Waals surface area contributed by atoms with E-state index in [1.54, 1.807) is 12.1 Å². The number of nitriles is 1. The fraction of sp³-hybridized carbons (Fsp3) is 0.250. The van der Waals surface area contributed by atoms with Crippen molar-refractivity contribution >= 4 is 17.4 Å². The zero-order chi connectivity index (χ0) is 15.2. The predicted molar refractivity (Wildman–Crippen MR) is 83.9 cm³/mol. The first-order valence-corrected chi connectivity index (χ1v) is 6.95. The molecule has 0 spiro atoms. The van der Waals surface area contributed by atoms with E-state index in [1.165, 1.54) is 5.56 Å². The average molecular weight is 302 g/mol. The standard InChI is InChI=1S/C16H16ClN3O/c1-12-4-3-5-13(10-12)21-9-8-20(2)16-7-6-14(17)15(11-18)19-16/h3-7,10H,8-9H2,1-2H3. The van der Waals surface area contributed by atoms with Gasteiger partial charge in [-0.15, -0.1) is 0 Å². The number of benzene rings is 1. The van der Waals surface area contributed by atoms with Crippen molar-refractivity contribution in [3.05, 3.63) is 52.7 Å². The van der Waals surface area contributed by atoms with Crippen molar-refractivity contribution in [3.63, 3.8) is 0 Å². The van der Waals surface area contributed by atoms with Gasteiger partial charge in [0.2, 0.25) is 0 Å². The lowest BCUT2D eigenvalue weighted by Gasteiger charge is -2.18. The van der Waals surface area contributed by atoms with Crippen LogP contribution in [0.5, 0.6) is 5.75 Å². The molecule has 0 aliphatic carbocycles. The van der Waals surface area contributed by atoms with Crippen molar-refractivity contribution in [2.45, 2.75) is 6.92 Å². The van der Waals surface area contributed by atoms with E-state index in [4.69, 9.17) is 21.6 Å². The molecular formula is C16H16ClN3O. The number of likely N-dealkylation sites (N-methyl/N-ethyl adjacent to an activating group) is 1. The minimum absolute atomic E-state index is 0.237. The lowest BCUT2D eigenvalue weighted by Crippen LogP contribution is -2.24. The zero-order valence-electron chi connectivity index (χ0n) is 12.0. The lowest BCUT2D eigenvalue weighted by atomic mass is 10.2. The highest BCUT2D eigenvalue weighted by Gasteiger charge is 2.07. The molecular weight excluding hydrogens is 286 g/mol. The molecule has 0 aliphatic rings. The highest BCUT2D eigenvalue weighted by atomic mass is 35.5. The summed E-state index contributed by atoms with van der Waals surface area (Å²) in [5.41, 5.74) is 1.40. The SMILES string of the molecule is Cc1cccc(OCCN(C)c2ccc(Cl)c(C#N)n2)c1. The molecule has 0 bridgehead atoms. The van der Waals surface area contributed by atoms with E-state index >= 15 is 0 Å². The van der Waals surface area contributed by atoms with Crippen LogP contribution in [0.15, 0.2) is 36.4 Å². The molecule has 21 heavy (non-hydrogen) atoms. The van der Waals surface area contributed by atoms with E-state index < -0.39 is 0 Å². The average Bonchev–Trinajstić information content (AvgIpc) is 2.47. The Morgan fingerprint density at radius 2 is 2.14 bits per heavy atom. The Labute approximate surface area is 129 Å². The van der Waals surface area contributed by atoms with Gasteiger partial charge in [0.05, 0.1) is 11.6 Å². The Balaban J connectivity index is 1.93. The first-order valence-electron chi connectivity index (χ1n) is 6.57. The van der Waals surface area contributed by atoms with Crippen molar-refractivity contribution < 1.29 is 4.74 Å². The van der Waals surface area contributed by atoms with E-state index in [1.807, 2.05) is 49.2 Å². The number of pyridine rings is 1. The number of rotatable bonds is 5. The first-order chi connectivity index (χ1) is 10.1. The van der Waals surface area contributed by atoms with Gasteiger partial charge < -0.3 is 9.64 Å². The quantitative estimate of drug-likeness (QED) is 0.849. The lowest BCUT2D eigenvalue weighted by molar-refractivity contribution is 0.325. The van der Waals surface area contributed by atoms with Crippen LogP contribution in [0.1, 0.15) is 11.3 Å². The number of halogens is 1. The van der Waals surface area contributed by atoms with E-state index in [0.29, 0.717) is 24.0 Å². The molecule has 4 nitrogen and oxygen atoms in total. The van der Waals surface area contributed by atoms with Crippen LogP contribution in [0.2, 0.25) is 5.02 Å². The van der Waals surface area contributed by atoms with Gasteiger partial charge in [-0.1, -0.05) is 23.7 Å². The maximum Gasteiger partial charge on any atom is 0.161 e. The highest BCUT2D eigenvalue weighted by molar-refractivity contribution is 6.31. The van der Waals surface area contributed by atoms with Gasteiger partial charge in [-0.05, 0) is 36.8 Å². The van der Waals surface area contributed by atoms with Crippen LogP contribution in [-0.4, -0.2) is 25.2 Å². The van der Waals surface area contributed by atoms with Gasteiger partial charge in [0.25, 0.3) is 0 Å². The van der Waals surface area contributed by atoms with Crippen LogP contribution in [0.3, 0.4) is 0 Å². The fourth-order valence-electron chi connectivity index (χ4n) is 1.84. The summed E-state index contributed by atoms with van der Waals surface area (Å²) in [7, 11) is 1.90. The Morgan fingerprint density at radius 1 is 1.33 bits per heavy atom. The summed E-state index contributed by atoms with van der Waals surface area (Å²) in [6.45, 7) is 3.22. The summed E-state index contributed by atoms with van der Waals surface area (Å²) in [6, 6.07) is 13.4. The van der Waals surface area contributed by atoms with Crippen molar-refractivity contribution in [3.8, 4) is 11.8 Å². The zero-order valence-corrected chi connectivity index (χ0v) is 12.8. The number of hydrogen-bond acceptors (Lipinski definition) is 4. The molecule has 5 heteroatoms. The molecule has 0 atom stereocenters. The predicted octanol–water partition coefficient (Wildman–Crippen LogP) is 3.43. The summed E-state index contributed by atoms with van der Waals surface area (Å²) < 4.78 is 5.70. The van der Waals surface area contributed by atoms with Crippen LogP contribution < -0.4 is 9.64 Å². The van der Waals surface area contributed by atoms with Crippen molar-refractivity contribution in [1.82, 2.24) is 4.98 Å². The van der Waals surface area contributed by atoms with Crippen LogP contribution >= 0.6 is 11.6 Å². The normalized spacial score (nSPS) is 10.0. The largest absolute Gasteiger partial charge is 0.492 e. The monoisotopic (exact) mass is 301 g/mol. The van der Waals surface area contributed by atoms with Gasteiger partial charge in [-0.3, -0.25) is 0 Å². The highest BCUT2D eigenvalue weighted by Crippen LogP contribution is 2.18. The number of anilines is 1.